The Kier molecular flexibility index (Phi) is 1.22. The van der Waals surface area contributed by atoms with Crippen molar-refractivity contribution in [1.82, 2.24) is 4.37 Å². The molecular weight excluding hydrogens is 162 g/mol. The molecule has 0 aliphatic carbocycles. The lowest BCUT2D eigenvalue weighted by Crippen LogP contribution is -1.43. The monoisotopic (exact) mass is 162 g/mol. The van der Waals surface area contributed by atoms with E-state index in [0.717, 1.165) is 4.47 Å². The van der Waals surface area contributed by atoms with Crippen molar-refractivity contribution in [3.8, 4) is 0 Å². The van der Waals surface area contributed by atoms with Crippen LogP contribution < -0.4 is 0 Å². The SMILES string of the molecule is Brc1[c]nsc1. The fraction of sp³-hybridized carbons (Fsp3) is 0. The van der Waals surface area contributed by atoms with E-state index in [1.54, 1.807) is 0 Å². The van der Waals surface area contributed by atoms with Crippen LogP contribution in [0.15, 0.2) is 9.85 Å². The van der Waals surface area contributed by atoms with Gasteiger partial charge in [0.05, 0.1) is 4.47 Å². The number of nitrogens with zero attached hydrogens (tertiary/aromatic N) is 1. The quantitative estimate of drug-likeness (QED) is 0.567. The van der Waals surface area contributed by atoms with Crippen molar-refractivity contribution < 1.29 is 0 Å². The molecule has 1 aromatic heterocycles. The third-order valence-corrected chi connectivity index (χ3v) is 1.61. The standard InChI is InChI=1S/C3HBrNS/c4-3-1-5-6-2-3/h2H. The fourth-order valence-corrected chi connectivity index (χ4v) is 0.975. The van der Waals surface area contributed by atoms with Crippen molar-refractivity contribution in [2.24, 2.45) is 0 Å². The van der Waals surface area contributed by atoms with Gasteiger partial charge in [-0.15, -0.1) is 0 Å². The lowest BCUT2D eigenvalue weighted by atomic mass is 10.8. The molecule has 0 amide bonds. The molecule has 0 aliphatic rings. The zero-order chi connectivity index (χ0) is 4.41. The second kappa shape index (κ2) is 1.71. The van der Waals surface area contributed by atoms with Crippen molar-refractivity contribution in [2.45, 2.75) is 0 Å². The van der Waals surface area contributed by atoms with Gasteiger partial charge in [-0.1, -0.05) is 0 Å². The molecule has 6 heavy (non-hydrogen) atoms. The van der Waals surface area contributed by atoms with Gasteiger partial charge in [-0.05, 0) is 27.5 Å². The molecule has 0 aliphatic heterocycles. The Hall–Kier alpha value is 0.110. The van der Waals surface area contributed by atoms with Crippen LogP contribution in [0.4, 0.5) is 0 Å². The van der Waals surface area contributed by atoms with E-state index in [0.29, 0.717) is 0 Å². The Balaban J connectivity index is 3.05. The minimum absolute atomic E-state index is 0.938. The van der Waals surface area contributed by atoms with Crippen LogP contribution in [-0.4, -0.2) is 4.37 Å². The smallest absolute Gasteiger partial charge is 0.119 e. The predicted molar refractivity (Wildman–Crippen MR) is 28.6 cm³/mol. The molecule has 1 rings (SSSR count). The molecule has 0 spiro atoms. The van der Waals surface area contributed by atoms with E-state index in [-0.39, 0.29) is 0 Å². The number of aromatic nitrogens is 1. The van der Waals surface area contributed by atoms with E-state index in [2.05, 4.69) is 26.5 Å². The maximum absolute atomic E-state index is 3.69. The first-order valence-electron chi connectivity index (χ1n) is 1.37. The molecule has 1 heterocycles. The molecule has 1 nitrogen and oxygen atoms in total. The summed E-state index contributed by atoms with van der Waals surface area (Å²) in [5.41, 5.74) is 0. The highest BCUT2D eigenvalue weighted by atomic mass is 79.9. The molecule has 31 valence electrons. The Bertz CT molecular complexity index is 114. The van der Waals surface area contributed by atoms with Gasteiger partial charge in [-0.25, -0.2) is 0 Å². The third-order valence-electron chi connectivity index (χ3n) is 0.361. The highest BCUT2D eigenvalue weighted by molar-refractivity contribution is 9.10. The van der Waals surface area contributed by atoms with Crippen LogP contribution in [0.2, 0.25) is 0 Å². The average Bonchev–Trinajstić information content (AvgIpc) is 1.86. The van der Waals surface area contributed by atoms with Crippen LogP contribution in [0.3, 0.4) is 0 Å². The normalized spacial score (nSPS) is 8.83. The molecular formula is C3HBrNS. The molecule has 1 aromatic rings. The van der Waals surface area contributed by atoms with Gasteiger partial charge in [-0.2, -0.15) is 4.37 Å². The second-order valence-corrected chi connectivity index (χ2v) is 2.26. The summed E-state index contributed by atoms with van der Waals surface area (Å²) in [5, 5.41) is 1.88. The van der Waals surface area contributed by atoms with E-state index < -0.39 is 0 Å². The van der Waals surface area contributed by atoms with E-state index in [1.807, 2.05) is 5.38 Å². The Morgan fingerprint density at radius 2 is 2.83 bits per heavy atom. The largest absolute Gasteiger partial charge is 0.190 e. The van der Waals surface area contributed by atoms with Gasteiger partial charge < -0.3 is 0 Å². The van der Waals surface area contributed by atoms with E-state index in [4.69, 9.17) is 0 Å². The van der Waals surface area contributed by atoms with Gasteiger partial charge in [-0.3, -0.25) is 0 Å². The van der Waals surface area contributed by atoms with Gasteiger partial charge in [0.25, 0.3) is 0 Å². The van der Waals surface area contributed by atoms with E-state index in [9.17, 15) is 0 Å². The molecule has 0 unspecified atom stereocenters. The minimum atomic E-state index is 0.938. The van der Waals surface area contributed by atoms with Crippen molar-refractivity contribution in [2.75, 3.05) is 0 Å². The summed E-state index contributed by atoms with van der Waals surface area (Å²) in [7, 11) is 0. The molecule has 1 radical (unpaired) electrons. The second-order valence-electron chi connectivity index (χ2n) is 0.774. The minimum Gasteiger partial charge on any atom is -0.190 e. The van der Waals surface area contributed by atoms with Crippen molar-refractivity contribution in [3.63, 3.8) is 0 Å². The van der Waals surface area contributed by atoms with Crippen molar-refractivity contribution in [1.29, 1.82) is 0 Å². The van der Waals surface area contributed by atoms with Gasteiger partial charge in [0.15, 0.2) is 0 Å². The topological polar surface area (TPSA) is 12.9 Å². The van der Waals surface area contributed by atoms with Crippen molar-refractivity contribution >= 4 is 27.5 Å². The molecule has 0 atom stereocenters. The van der Waals surface area contributed by atoms with Gasteiger partial charge in [0.1, 0.15) is 6.20 Å². The highest BCUT2D eigenvalue weighted by Gasteiger charge is 1.80. The zero-order valence-corrected chi connectivity index (χ0v) is 5.21. The Morgan fingerprint density at radius 3 is 3.00 bits per heavy atom. The van der Waals surface area contributed by atoms with Crippen LogP contribution >= 0.6 is 27.5 Å². The summed E-state index contributed by atoms with van der Waals surface area (Å²) in [6.45, 7) is 0. The highest BCUT2D eigenvalue weighted by Crippen LogP contribution is 2.07. The first-order chi connectivity index (χ1) is 2.89. The molecule has 0 fully saturated rings. The molecule has 0 N–H and O–H groups in total. The number of rotatable bonds is 0. The summed E-state index contributed by atoms with van der Waals surface area (Å²) in [6.07, 6.45) is 2.69. The van der Waals surface area contributed by atoms with Gasteiger partial charge >= 0.3 is 0 Å². The Morgan fingerprint density at radius 1 is 2.00 bits per heavy atom. The maximum atomic E-state index is 3.69. The van der Waals surface area contributed by atoms with Crippen LogP contribution in [0.5, 0.6) is 0 Å². The van der Waals surface area contributed by atoms with Gasteiger partial charge in [0, 0.05) is 5.38 Å². The summed E-state index contributed by atoms with van der Waals surface area (Å²) < 4.78 is 4.63. The first-order valence-corrected chi connectivity index (χ1v) is 3.00. The fourth-order valence-electron chi connectivity index (χ4n) is 0.169. The average molecular weight is 163 g/mol. The van der Waals surface area contributed by atoms with Crippen LogP contribution in [0.25, 0.3) is 0 Å². The molecule has 3 heteroatoms. The lowest BCUT2D eigenvalue weighted by molar-refractivity contribution is 1.53. The van der Waals surface area contributed by atoms with Crippen LogP contribution in [-0.2, 0) is 0 Å². The third kappa shape index (κ3) is 0.786. The lowest BCUT2D eigenvalue weighted by Gasteiger charge is -1.58. The number of hydrogen-bond acceptors (Lipinski definition) is 2. The Labute approximate surface area is 48.3 Å². The van der Waals surface area contributed by atoms with Gasteiger partial charge in [0.2, 0.25) is 0 Å². The summed E-state index contributed by atoms with van der Waals surface area (Å²) >= 11 is 4.56. The summed E-state index contributed by atoms with van der Waals surface area (Å²) in [5.74, 6) is 0. The van der Waals surface area contributed by atoms with E-state index in [1.165, 1.54) is 11.5 Å². The first kappa shape index (κ1) is 4.27. The van der Waals surface area contributed by atoms with E-state index >= 15 is 0 Å². The molecule has 0 saturated carbocycles. The summed E-state index contributed by atoms with van der Waals surface area (Å²) in [4.78, 5) is 0. The zero-order valence-electron chi connectivity index (χ0n) is 2.81. The molecule has 0 saturated heterocycles. The van der Waals surface area contributed by atoms with Crippen LogP contribution in [0.1, 0.15) is 0 Å². The molecule has 0 bridgehead atoms. The van der Waals surface area contributed by atoms with Crippen molar-refractivity contribution in [3.05, 3.63) is 16.0 Å². The maximum Gasteiger partial charge on any atom is 0.119 e. The number of halogens is 1. The number of hydrogen-bond donors (Lipinski definition) is 0. The predicted octanol–water partition coefficient (Wildman–Crippen LogP) is 1.71. The summed E-state index contributed by atoms with van der Waals surface area (Å²) in [6, 6.07) is 0. The molecule has 0 aromatic carbocycles. The van der Waals surface area contributed by atoms with Crippen LogP contribution in [0, 0.1) is 6.20 Å².